The second kappa shape index (κ2) is 15.9. The summed E-state index contributed by atoms with van der Waals surface area (Å²) < 4.78 is 69.2. The standard InChI is InChI=1S/C24H41F5N2O4/c1-6-7-8-9-10-11-12-13-14-15-35-21(33)19(17(4)5)30-20(32)18(16(2)3)31-22(34)23(25,26)24(27,28)29/h16-19H,6-15H2,1-5H3,(H,30,32)(H,31,34). The molecule has 0 aromatic carbocycles. The number of nitrogens with one attached hydrogen (secondary N) is 2. The Kier molecular flexibility index (Phi) is 15.0. The summed E-state index contributed by atoms with van der Waals surface area (Å²) in [5.41, 5.74) is 0. The van der Waals surface area contributed by atoms with Crippen LogP contribution in [-0.2, 0) is 19.1 Å². The second-order valence-corrected chi connectivity index (χ2v) is 9.49. The highest BCUT2D eigenvalue weighted by Crippen LogP contribution is 2.35. The fourth-order valence-electron chi connectivity index (χ4n) is 3.31. The van der Waals surface area contributed by atoms with Gasteiger partial charge < -0.3 is 15.4 Å². The molecule has 0 bridgehead atoms. The SMILES string of the molecule is CCCCCCCCCCCOC(=O)C(NC(=O)C(NC(=O)C(F)(F)C(F)(F)F)C(C)C)C(C)C. The Morgan fingerprint density at radius 1 is 0.714 bits per heavy atom. The Labute approximate surface area is 205 Å². The summed E-state index contributed by atoms with van der Waals surface area (Å²) in [6.45, 7) is 8.27. The van der Waals surface area contributed by atoms with Crippen LogP contribution in [0.4, 0.5) is 22.0 Å². The molecule has 0 spiro atoms. The zero-order valence-electron chi connectivity index (χ0n) is 21.4. The molecule has 0 rings (SSSR count). The molecule has 0 aromatic rings. The maximum atomic E-state index is 13.3. The van der Waals surface area contributed by atoms with Crippen LogP contribution in [0.2, 0.25) is 0 Å². The van der Waals surface area contributed by atoms with Crippen LogP contribution in [0.5, 0.6) is 0 Å². The number of carbonyl (C=O) groups excluding carboxylic acids is 3. The van der Waals surface area contributed by atoms with E-state index in [1.165, 1.54) is 51.3 Å². The molecular weight excluding hydrogens is 475 g/mol. The highest BCUT2D eigenvalue weighted by atomic mass is 19.4. The highest BCUT2D eigenvalue weighted by Gasteiger charge is 2.63. The van der Waals surface area contributed by atoms with E-state index in [4.69, 9.17) is 4.74 Å². The van der Waals surface area contributed by atoms with Crippen molar-refractivity contribution in [3.8, 4) is 0 Å². The Balaban J connectivity index is 4.76. The van der Waals surface area contributed by atoms with Gasteiger partial charge in [-0.05, 0) is 18.3 Å². The van der Waals surface area contributed by atoms with Gasteiger partial charge in [-0.15, -0.1) is 0 Å². The van der Waals surface area contributed by atoms with Gasteiger partial charge in [0.15, 0.2) is 0 Å². The summed E-state index contributed by atoms with van der Waals surface area (Å²) in [6.07, 6.45) is 3.62. The van der Waals surface area contributed by atoms with Crippen molar-refractivity contribution in [2.75, 3.05) is 6.61 Å². The first-order chi connectivity index (χ1) is 16.2. The number of carbonyl (C=O) groups is 3. The molecule has 0 aliphatic rings. The van der Waals surface area contributed by atoms with E-state index in [0.29, 0.717) is 6.42 Å². The predicted molar refractivity (Wildman–Crippen MR) is 123 cm³/mol. The molecule has 2 atom stereocenters. The molecule has 2 amide bonds. The molecule has 206 valence electrons. The predicted octanol–water partition coefficient (Wildman–Crippen LogP) is 5.54. The third-order valence-corrected chi connectivity index (χ3v) is 5.59. The van der Waals surface area contributed by atoms with Crippen molar-refractivity contribution in [1.82, 2.24) is 10.6 Å². The first kappa shape index (κ1) is 33.1. The van der Waals surface area contributed by atoms with E-state index in [9.17, 15) is 36.3 Å². The molecule has 0 saturated heterocycles. The van der Waals surface area contributed by atoms with Crippen LogP contribution >= 0.6 is 0 Å². The van der Waals surface area contributed by atoms with Crippen LogP contribution in [-0.4, -0.2) is 48.6 Å². The van der Waals surface area contributed by atoms with Gasteiger partial charge in [0.25, 0.3) is 0 Å². The van der Waals surface area contributed by atoms with Crippen LogP contribution in [0.15, 0.2) is 0 Å². The van der Waals surface area contributed by atoms with Gasteiger partial charge in [-0.2, -0.15) is 22.0 Å². The minimum absolute atomic E-state index is 0.149. The van der Waals surface area contributed by atoms with E-state index in [1.807, 2.05) is 0 Å². The Bertz CT molecular complexity index is 654. The van der Waals surface area contributed by atoms with Crippen LogP contribution in [0.1, 0.15) is 92.4 Å². The summed E-state index contributed by atoms with van der Waals surface area (Å²) in [5, 5.41) is 3.79. The lowest BCUT2D eigenvalue weighted by Crippen LogP contribution is -2.59. The Morgan fingerprint density at radius 3 is 1.60 bits per heavy atom. The van der Waals surface area contributed by atoms with E-state index in [1.54, 1.807) is 13.8 Å². The summed E-state index contributed by atoms with van der Waals surface area (Å²) in [6, 6.07) is -2.86. The summed E-state index contributed by atoms with van der Waals surface area (Å²) >= 11 is 0. The van der Waals surface area contributed by atoms with Crippen molar-refractivity contribution in [3.63, 3.8) is 0 Å². The number of alkyl halides is 5. The van der Waals surface area contributed by atoms with Gasteiger partial charge in [0.05, 0.1) is 6.61 Å². The highest BCUT2D eigenvalue weighted by molar-refractivity contribution is 5.93. The number of hydrogen-bond donors (Lipinski definition) is 2. The fourth-order valence-corrected chi connectivity index (χ4v) is 3.31. The van der Waals surface area contributed by atoms with Crippen molar-refractivity contribution < 1.29 is 41.1 Å². The molecule has 0 aromatic heterocycles. The van der Waals surface area contributed by atoms with Crippen molar-refractivity contribution >= 4 is 17.8 Å². The van der Waals surface area contributed by atoms with Gasteiger partial charge >= 0.3 is 24.0 Å². The minimum atomic E-state index is -6.10. The van der Waals surface area contributed by atoms with Gasteiger partial charge in [0.1, 0.15) is 12.1 Å². The number of esters is 1. The van der Waals surface area contributed by atoms with Crippen molar-refractivity contribution in [2.24, 2.45) is 11.8 Å². The maximum absolute atomic E-state index is 13.3. The molecule has 11 heteroatoms. The molecule has 0 saturated carbocycles. The average molecular weight is 517 g/mol. The van der Waals surface area contributed by atoms with Gasteiger partial charge in [-0.3, -0.25) is 9.59 Å². The van der Waals surface area contributed by atoms with E-state index < -0.39 is 53.8 Å². The monoisotopic (exact) mass is 516 g/mol. The van der Waals surface area contributed by atoms with Crippen LogP contribution < -0.4 is 10.6 Å². The van der Waals surface area contributed by atoms with Gasteiger partial charge in [-0.1, -0.05) is 86.0 Å². The molecule has 0 aliphatic heterocycles. The molecule has 0 radical (unpaired) electrons. The van der Waals surface area contributed by atoms with Gasteiger partial charge in [0, 0.05) is 0 Å². The number of ether oxygens (including phenoxy) is 1. The first-order valence-electron chi connectivity index (χ1n) is 12.4. The smallest absolute Gasteiger partial charge is 0.463 e. The number of rotatable bonds is 17. The topological polar surface area (TPSA) is 84.5 Å². The molecule has 6 nitrogen and oxygen atoms in total. The summed E-state index contributed by atoms with van der Waals surface area (Å²) in [5.74, 6) is -11.4. The third kappa shape index (κ3) is 12.0. The molecule has 2 unspecified atom stereocenters. The fraction of sp³-hybridized carbons (Fsp3) is 0.875. The maximum Gasteiger partial charge on any atom is 0.463 e. The summed E-state index contributed by atoms with van der Waals surface area (Å²) in [7, 11) is 0. The van der Waals surface area contributed by atoms with Crippen molar-refractivity contribution in [3.05, 3.63) is 0 Å². The number of unbranched alkanes of at least 4 members (excludes halogenated alkanes) is 8. The molecule has 0 heterocycles. The zero-order valence-corrected chi connectivity index (χ0v) is 21.4. The second-order valence-electron chi connectivity index (χ2n) is 9.49. The zero-order chi connectivity index (χ0) is 27.2. The van der Waals surface area contributed by atoms with Gasteiger partial charge in [0.2, 0.25) is 5.91 Å². The first-order valence-corrected chi connectivity index (χ1v) is 12.4. The lowest BCUT2D eigenvalue weighted by atomic mass is 10.00. The van der Waals surface area contributed by atoms with Crippen LogP contribution in [0.25, 0.3) is 0 Å². The van der Waals surface area contributed by atoms with E-state index in [-0.39, 0.29) is 6.61 Å². The molecule has 0 fully saturated rings. The van der Waals surface area contributed by atoms with E-state index in [0.717, 1.165) is 19.3 Å². The largest absolute Gasteiger partial charge is 0.464 e. The molecule has 0 aliphatic carbocycles. The number of halogens is 5. The molecular formula is C24H41F5N2O4. The lowest BCUT2D eigenvalue weighted by molar-refractivity contribution is -0.270. The summed E-state index contributed by atoms with van der Waals surface area (Å²) in [4.78, 5) is 36.6. The Morgan fingerprint density at radius 2 is 1.17 bits per heavy atom. The van der Waals surface area contributed by atoms with Crippen molar-refractivity contribution in [2.45, 2.75) is 117 Å². The normalized spacial score (nSPS) is 14.1. The minimum Gasteiger partial charge on any atom is -0.464 e. The Hall–Kier alpha value is -1.94. The third-order valence-electron chi connectivity index (χ3n) is 5.59. The average Bonchev–Trinajstić information content (AvgIpc) is 2.75. The lowest BCUT2D eigenvalue weighted by Gasteiger charge is -2.28. The van der Waals surface area contributed by atoms with Gasteiger partial charge in [-0.25, -0.2) is 4.79 Å². The number of amides is 2. The number of hydrogen-bond acceptors (Lipinski definition) is 4. The van der Waals surface area contributed by atoms with Crippen LogP contribution in [0.3, 0.4) is 0 Å². The van der Waals surface area contributed by atoms with Crippen LogP contribution in [0, 0.1) is 11.8 Å². The molecule has 35 heavy (non-hydrogen) atoms. The van der Waals surface area contributed by atoms with Crippen molar-refractivity contribution in [1.29, 1.82) is 0 Å². The van der Waals surface area contributed by atoms with E-state index in [2.05, 4.69) is 12.2 Å². The molecule has 2 N–H and O–H groups in total. The van der Waals surface area contributed by atoms with E-state index >= 15 is 0 Å². The quantitative estimate of drug-likeness (QED) is 0.151.